The molecule has 0 heterocycles. The van der Waals surface area contributed by atoms with Crippen molar-refractivity contribution >= 4 is 0 Å². The second-order valence-corrected chi connectivity index (χ2v) is 3.26. The van der Waals surface area contributed by atoms with Crippen LogP contribution in [0.25, 0.3) is 0 Å². The van der Waals surface area contributed by atoms with Crippen LogP contribution >= 0.6 is 0 Å². The van der Waals surface area contributed by atoms with Gasteiger partial charge in [-0.05, 0) is 12.1 Å². The van der Waals surface area contributed by atoms with Crippen LogP contribution in [0.5, 0.6) is 11.5 Å². The van der Waals surface area contributed by atoms with E-state index in [1.165, 1.54) is 0 Å². The minimum atomic E-state index is -5.07. The minimum Gasteiger partial charge on any atom is -0.480 e. The molecule has 104 valence electrons. The molecule has 1 rings (SSSR count). The largest absolute Gasteiger partial charge is 0.573 e. The highest BCUT2D eigenvalue weighted by Crippen LogP contribution is 2.34. The van der Waals surface area contributed by atoms with E-state index < -0.39 is 30.6 Å². The lowest BCUT2D eigenvalue weighted by Gasteiger charge is -2.15. The van der Waals surface area contributed by atoms with Gasteiger partial charge in [0.25, 0.3) is 0 Å². The Balaban J connectivity index is 2.99. The predicted octanol–water partition coefficient (Wildman–Crippen LogP) is 3.51. The van der Waals surface area contributed by atoms with Gasteiger partial charge in [0, 0.05) is 11.6 Å². The summed E-state index contributed by atoms with van der Waals surface area (Å²) in [5.41, 5.74) is 0.0126. The molecule has 0 N–H and O–H groups in total. The van der Waals surface area contributed by atoms with Gasteiger partial charge in [-0.25, -0.2) is 0 Å². The third kappa shape index (κ3) is 5.42. The summed E-state index contributed by atoms with van der Waals surface area (Å²) in [6.07, 6.45) is -4.78. The van der Waals surface area contributed by atoms with Gasteiger partial charge in [0.2, 0.25) is 0 Å². The quantitative estimate of drug-likeness (QED) is 0.624. The van der Waals surface area contributed by atoms with Gasteiger partial charge in [-0.15, -0.1) is 19.6 Å². The van der Waals surface area contributed by atoms with E-state index in [1.807, 2.05) is 5.92 Å². The molecule has 0 unspecified atom stereocenters. The number of halogens is 6. The summed E-state index contributed by atoms with van der Waals surface area (Å²) in [7, 11) is 0. The van der Waals surface area contributed by atoms with Gasteiger partial charge in [0.05, 0.1) is 0 Å². The molecule has 0 atom stereocenters. The molecule has 0 bridgehead atoms. The van der Waals surface area contributed by atoms with Crippen LogP contribution in [0.2, 0.25) is 0 Å². The van der Waals surface area contributed by atoms with Crippen LogP contribution in [-0.4, -0.2) is 19.1 Å². The predicted molar refractivity (Wildman–Crippen MR) is 52.6 cm³/mol. The van der Waals surface area contributed by atoms with Crippen molar-refractivity contribution in [2.45, 2.75) is 12.5 Å². The maximum atomic E-state index is 12.1. The third-order valence-electron chi connectivity index (χ3n) is 1.73. The van der Waals surface area contributed by atoms with Gasteiger partial charge >= 0.3 is 12.5 Å². The standard InChI is InChI=1S/C11H6F6O2/c1-2-7-3-4-8(18-6-10(12,13)14)9(5-7)19-11(15,16)17/h1,3-5H,6H2. The molecule has 0 fully saturated rings. The summed E-state index contributed by atoms with van der Waals surface area (Å²) in [6, 6.07) is 2.77. The topological polar surface area (TPSA) is 18.5 Å². The molecule has 0 radical (unpaired) electrons. The van der Waals surface area contributed by atoms with Gasteiger partial charge in [-0.2, -0.15) is 13.2 Å². The molecule has 0 aliphatic rings. The molecule has 2 nitrogen and oxygen atoms in total. The first-order valence-corrected chi connectivity index (χ1v) is 4.67. The summed E-state index contributed by atoms with van der Waals surface area (Å²) in [5.74, 6) is 0.403. The SMILES string of the molecule is C#Cc1ccc(OCC(F)(F)F)c(OC(F)(F)F)c1. The highest BCUT2D eigenvalue weighted by Gasteiger charge is 2.34. The Morgan fingerprint density at radius 2 is 1.68 bits per heavy atom. The van der Waals surface area contributed by atoms with Crippen molar-refractivity contribution in [3.8, 4) is 23.8 Å². The normalized spacial score (nSPS) is 11.8. The van der Waals surface area contributed by atoms with Crippen LogP contribution in [0.4, 0.5) is 26.3 Å². The smallest absolute Gasteiger partial charge is 0.480 e. The minimum absolute atomic E-state index is 0.0126. The summed E-state index contributed by atoms with van der Waals surface area (Å²) >= 11 is 0. The Morgan fingerprint density at radius 3 is 2.16 bits per heavy atom. The summed E-state index contributed by atoms with van der Waals surface area (Å²) < 4.78 is 79.8. The molecule has 0 aliphatic heterocycles. The zero-order chi connectivity index (χ0) is 14.7. The highest BCUT2D eigenvalue weighted by molar-refractivity contribution is 5.47. The van der Waals surface area contributed by atoms with Gasteiger partial charge in [-0.1, -0.05) is 5.92 Å². The van der Waals surface area contributed by atoms with E-state index in [4.69, 9.17) is 6.42 Å². The van der Waals surface area contributed by atoms with Crippen molar-refractivity contribution in [1.82, 2.24) is 0 Å². The van der Waals surface area contributed by atoms with Crippen molar-refractivity contribution in [1.29, 1.82) is 0 Å². The van der Waals surface area contributed by atoms with Crippen molar-refractivity contribution in [3.05, 3.63) is 23.8 Å². The first-order valence-electron chi connectivity index (χ1n) is 4.67. The number of benzene rings is 1. The van der Waals surface area contributed by atoms with E-state index in [9.17, 15) is 26.3 Å². The number of terminal acetylenes is 1. The van der Waals surface area contributed by atoms with E-state index in [-0.39, 0.29) is 5.56 Å². The van der Waals surface area contributed by atoms with E-state index in [0.717, 1.165) is 18.2 Å². The van der Waals surface area contributed by atoms with Crippen LogP contribution in [0.1, 0.15) is 5.56 Å². The number of alkyl halides is 6. The molecule has 0 saturated carbocycles. The number of hydrogen-bond acceptors (Lipinski definition) is 2. The fourth-order valence-corrected chi connectivity index (χ4v) is 1.08. The Kier molecular flexibility index (Phi) is 4.19. The lowest BCUT2D eigenvalue weighted by Crippen LogP contribution is -2.21. The van der Waals surface area contributed by atoms with E-state index in [1.54, 1.807) is 0 Å². The molecule has 0 spiro atoms. The third-order valence-corrected chi connectivity index (χ3v) is 1.73. The first-order chi connectivity index (χ1) is 8.61. The van der Waals surface area contributed by atoms with Crippen molar-refractivity contribution in [2.75, 3.05) is 6.61 Å². The molecule has 0 aromatic heterocycles. The van der Waals surface area contributed by atoms with Crippen molar-refractivity contribution in [3.63, 3.8) is 0 Å². The van der Waals surface area contributed by atoms with E-state index in [2.05, 4.69) is 9.47 Å². The van der Waals surface area contributed by atoms with Crippen LogP contribution in [0.15, 0.2) is 18.2 Å². The summed E-state index contributed by atoms with van der Waals surface area (Å²) in [4.78, 5) is 0. The summed E-state index contributed by atoms with van der Waals surface area (Å²) in [6.45, 7) is -1.74. The van der Waals surface area contributed by atoms with E-state index in [0.29, 0.717) is 0 Å². The van der Waals surface area contributed by atoms with Gasteiger partial charge in [0.1, 0.15) is 0 Å². The number of ether oxygens (including phenoxy) is 2. The Bertz CT molecular complexity index is 483. The van der Waals surface area contributed by atoms with E-state index >= 15 is 0 Å². The second kappa shape index (κ2) is 5.30. The molecule has 0 aliphatic carbocycles. The highest BCUT2D eigenvalue weighted by atomic mass is 19.4. The first kappa shape index (κ1) is 15.0. The van der Waals surface area contributed by atoms with Gasteiger partial charge in [0.15, 0.2) is 18.1 Å². The average molecular weight is 284 g/mol. The lowest BCUT2D eigenvalue weighted by molar-refractivity contribution is -0.275. The fraction of sp³-hybridized carbons (Fsp3) is 0.273. The van der Waals surface area contributed by atoms with Crippen LogP contribution in [-0.2, 0) is 0 Å². The fourth-order valence-electron chi connectivity index (χ4n) is 1.08. The maximum absolute atomic E-state index is 12.1. The number of rotatable bonds is 3. The zero-order valence-electron chi connectivity index (χ0n) is 9.10. The zero-order valence-corrected chi connectivity index (χ0v) is 9.10. The van der Waals surface area contributed by atoms with Crippen LogP contribution in [0.3, 0.4) is 0 Å². The van der Waals surface area contributed by atoms with Crippen LogP contribution < -0.4 is 9.47 Å². The lowest BCUT2D eigenvalue weighted by atomic mass is 10.2. The Labute approximate surface area is 103 Å². The molecule has 0 saturated heterocycles. The monoisotopic (exact) mass is 284 g/mol. The molecular formula is C11H6F6O2. The average Bonchev–Trinajstić information content (AvgIpc) is 2.24. The molecular weight excluding hydrogens is 278 g/mol. The summed E-state index contributed by atoms with van der Waals surface area (Å²) in [5, 5.41) is 0. The molecule has 1 aromatic rings. The Hall–Kier alpha value is -2.04. The Morgan fingerprint density at radius 1 is 1.05 bits per heavy atom. The second-order valence-electron chi connectivity index (χ2n) is 3.26. The molecule has 8 heteroatoms. The number of hydrogen-bond donors (Lipinski definition) is 0. The maximum Gasteiger partial charge on any atom is 0.573 e. The molecule has 0 amide bonds. The van der Waals surface area contributed by atoms with Crippen molar-refractivity contribution < 1.29 is 35.8 Å². The van der Waals surface area contributed by atoms with Gasteiger partial charge in [-0.3, -0.25) is 0 Å². The molecule has 1 aromatic carbocycles. The van der Waals surface area contributed by atoms with Crippen LogP contribution in [0, 0.1) is 12.3 Å². The van der Waals surface area contributed by atoms with Crippen molar-refractivity contribution in [2.24, 2.45) is 0 Å². The van der Waals surface area contributed by atoms with Gasteiger partial charge < -0.3 is 9.47 Å². The molecule has 19 heavy (non-hydrogen) atoms.